The Balaban J connectivity index is 1.45. The lowest BCUT2D eigenvalue weighted by Gasteiger charge is -2.36. The van der Waals surface area contributed by atoms with Crippen LogP contribution >= 0.6 is 11.6 Å². The van der Waals surface area contributed by atoms with Crippen LogP contribution in [0.5, 0.6) is 5.75 Å². The van der Waals surface area contributed by atoms with Crippen molar-refractivity contribution in [2.24, 2.45) is 0 Å². The molecule has 6 nitrogen and oxygen atoms in total. The number of piperazine rings is 1. The highest BCUT2D eigenvalue weighted by atomic mass is 35.5. The Morgan fingerprint density at radius 1 is 0.944 bits per heavy atom. The Labute approximate surface area is 215 Å². The SMILES string of the molecule is COc1cccc([C@@H](CN2CCN(S(=O)(=O)c3cc(F)cc(F)c3)CC2)OCc2cccc(Cl)c2)c1. The van der Waals surface area contributed by atoms with Crippen molar-refractivity contribution < 1.29 is 26.7 Å². The van der Waals surface area contributed by atoms with Crippen LogP contribution in [0, 0.1) is 11.6 Å². The molecule has 10 heteroatoms. The highest BCUT2D eigenvalue weighted by Crippen LogP contribution is 2.26. The number of ether oxygens (including phenoxy) is 2. The lowest BCUT2D eigenvalue weighted by atomic mass is 10.1. The first-order valence-corrected chi connectivity index (χ1v) is 13.2. The van der Waals surface area contributed by atoms with Gasteiger partial charge in [-0.3, -0.25) is 4.90 Å². The number of rotatable bonds is 9. The van der Waals surface area contributed by atoms with E-state index in [0.29, 0.717) is 43.1 Å². The number of hydrogen-bond donors (Lipinski definition) is 0. The Morgan fingerprint density at radius 3 is 2.31 bits per heavy atom. The van der Waals surface area contributed by atoms with Crippen molar-refractivity contribution in [2.45, 2.75) is 17.6 Å². The van der Waals surface area contributed by atoms with Crippen LogP contribution in [0.1, 0.15) is 17.2 Å². The number of hydrogen-bond acceptors (Lipinski definition) is 5. The van der Waals surface area contributed by atoms with Crippen LogP contribution < -0.4 is 4.74 Å². The molecule has 4 rings (SSSR count). The van der Waals surface area contributed by atoms with Gasteiger partial charge in [-0.15, -0.1) is 0 Å². The summed E-state index contributed by atoms with van der Waals surface area (Å²) in [4.78, 5) is 1.73. The van der Waals surface area contributed by atoms with Crippen LogP contribution in [0.4, 0.5) is 8.78 Å². The van der Waals surface area contributed by atoms with E-state index in [2.05, 4.69) is 4.90 Å². The van der Waals surface area contributed by atoms with Gasteiger partial charge in [0.2, 0.25) is 10.0 Å². The molecular formula is C26H27ClF2N2O4S. The van der Waals surface area contributed by atoms with E-state index in [-0.39, 0.29) is 24.1 Å². The van der Waals surface area contributed by atoms with Crippen molar-refractivity contribution in [3.8, 4) is 5.75 Å². The van der Waals surface area contributed by atoms with E-state index in [9.17, 15) is 17.2 Å². The summed E-state index contributed by atoms with van der Waals surface area (Å²) in [5.41, 5.74) is 1.87. The van der Waals surface area contributed by atoms with Crippen molar-refractivity contribution in [3.05, 3.63) is 94.5 Å². The highest BCUT2D eigenvalue weighted by Gasteiger charge is 2.30. The van der Waals surface area contributed by atoms with E-state index in [1.54, 1.807) is 13.2 Å². The van der Waals surface area contributed by atoms with Crippen molar-refractivity contribution in [3.63, 3.8) is 0 Å². The third kappa shape index (κ3) is 6.60. The first kappa shape index (κ1) is 26.5. The van der Waals surface area contributed by atoms with E-state index >= 15 is 0 Å². The monoisotopic (exact) mass is 536 g/mol. The summed E-state index contributed by atoms with van der Waals surface area (Å²) in [6.07, 6.45) is -0.306. The molecule has 0 N–H and O–H groups in total. The van der Waals surface area contributed by atoms with Crippen molar-refractivity contribution in [1.82, 2.24) is 9.21 Å². The second-order valence-corrected chi connectivity index (χ2v) is 10.9. The molecule has 36 heavy (non-hydrogen) atoms. The summed E-state index contributed by atoms with van der Waals surface area (Å²) in [7, 11) is -2.40. The minimum atomic E-state index is -4.00. The first-order chi connectivity index (χ1) is 17.2. The fourth-order valence-corrected chi connectivity index (χ4v) is 5.81. The summed E-state index contributed by atoms with van der Waals surface area (Å²) >= 11 is 6.11. The van der Waals surface area contributed by atoms with Gasteiger partial charge in [-0.05, 0) is 47.5 Å². The molecular weight excluding hydrogens is 510 g/mol. The van der Waals surface area contributed by atoms with Crippen molar-refractivity contribution in [2.75, 3.05) is 39.8 Å². The molecule has 1 aliphatic heterocycles. The van der Waals surface area contributed by atoms with Crippen molar-refractivity contribution in [1.29, 1.82) is 0 Å². The van der Waals surface area contributed by atoms with Gasteiger partial charge in [-0.2, -0.15) is 4.31 Å². The number of methoxy groups -OCH3 is 1. The molecule has 0 saturated carbocycles. The molecule has 0 aliphatic carbocycles. The smallest absolute Gasteiger partial charge is 0.243 e. The first-order valence-electron chi connectivity index (χ1n) is 11.4. The second-order valence-electron chi connectivity index (χ2n) is 8.52. The molecule has 1 aliphatic rings. The minimum Gasteiger partial charge on any atom is -0.497 e. The van der Waals surface area contributed by atoms with Gasteiger partial charge in [0.15, 0.2) is 0 Å². The number of halogens is 3. The van der Waals surface area contributed by atoms with Gasteiger partial charge >= 0.3 is 0 Å². The summed E-state index contributed by atoms with van der Waals surface area (Å²) < 4.78 is 66.0. The summed E-state index contributed by atoms with van der Waals surface area (Å²) in [5, 5.41) is 0.629. The average molecular weight is 537 g/mol. The lowest BCUT2D eigenvalue weighted by Crippen LogP contribution is -2.49. The predicted octanol–water partition coefficient (Wildman–Crippen LogP) is 4.89. The third-order valence-corrected chi connectivity index (χ3v) is 8.15. The Morgan fingerprint density at radius 2 is 1.64 bits per heavy atom. The lowest BCUT2D eigenvalue weighted by molar-refractivity contribution is 0.00763. The van der Waals surface area contributed by atoms with Gasteiger partial charge in [-0.1, -0.05) is 35.9 Å². The topological polar surface area (TPSA) is 59.1 Å². The Kier molecular flexibility index (Phi) is 8.58. The zero-order chi connectivity index (χ0) is 25.7. The molecule has 1 heterocycles. The zero-order valence-corrected chi connectivity index (χ0v) is 21.3. The van der Waals surface area contributed by atoms with E-state index in [1.165, 1.54) is 4.31 Å². The average Bonchev–Trinajstić information content (AvgIpc) is 2.86. The zero-order valence-electron chi connectivity index (χ0n) is 19.7. The third-order valence-electron chi connectivity index (χ3n) is 6.03. The maximum atomic E-state index is 13.6. The Bertz CT molecular complexity index is 1280. The van der Waals surface area contributed by atoms with Crippen LogP contribution in [0.15, 0.2) is 71.6 Å². The predicted molar refractivity (Wildman–Crippen MR) is 134 cm³/mol. The van der Waals surface area contributed by atoms with Crippen LogP contribution in [0.3, 0.4) is 0 Å². The summed E-state index contributed by atoms with van der Waals surface area (Å²) in [6, 6.07) is 17.4. The van der Waals surface area contributed by atoms with Gasteiger partial charge in [0, 0.05) is 43.8 Å². The van der Waals surface area contributed by atoms with Crippen LogP contribution in [-0.2, 0) is 21.4 Å². The summed E-state index contributed by atoms with van der Waals surface area (Å²) in [6.45, 7) is 2.15. The van der Waals surface area contributed by atoms with E-state index < -0.39 is 21.7 Å². The van der Waals surface area contributed by atoms with Crippen molar-refractivity contribution >= 4 is 21.6 Å². The fourth-order valence-electron chi connectivity index (χ4n) is 4.13. The van der Waals surface area contributed by atoms with Crippen LogP contribution in [0.25, 0.3) is 0 Å². The van der Waals surface area contributed by atoms with Gasteiger partial charge in [0.1, 0.15) is 17.4 Å². The molecule has 3 aromatic rings. The molecule has 0 amide bonds. The molecule has 1 saturated heterocycles. The highest BCUT2D eigenvalue weighted by molar-refractivity contribution is 7.89. The van der Waals surface area contributed by atoms with Gasteiger partial charge < -0.3 is 9.47 Å². The second kappa shape index (κ2) is 11.7. The van der Waals surface area contributed by atoms with Gasteiger partial charge in [-0.25, -0.2) is 17.2 Å². The quantitative estimate of drug-likeness (QED) is 0.390. The normalized spacial score (nSPS) is 16.1. The van der Waals surface area contributed by atoms with Crippen LogP contribution in [0.2, 0.25) is 5.02 Å². The molecule has 192 valence electrons. The molecule has 0 aromatic heterocycles. The number of sulfonamides is 1. The maximum absolute atomic E-state index is 13.6. The molecule has 1 fully saturated rings. The fraction of sp³-hybridized carbons (Fsp3) is 0.308. The largest absolute Gasteiger partial charge is 0.497 e. The van der Waals surface area contributed by atoms with E-state index in [0.717, 1.165) is 23.3 Å². The molecule has 1 atom stereocenters. The summed E-state index contributed by atoms with van der Waals surface area (Å²) in [5.74, 6) is -1.14. The molecule has 3 aromatic carbocycles. The van der Waals surface area contributed by atoms with Gasteiger partial charge in [0.25, 0.3) is 0 Å². The minimum absolute atomic E-state index is 0.194. The number of nitrogens with zero attached hydrogens (tertiary/aromatic N) is 2. The van der Waals surface area contributed by atoms with E-state index in [1.807, 2.05) is 42.5 Å². The maximum Gasteiger partial charge on any atom is 0.243 e. The van der Waals surface area contributed by atoms with E-state index in [4.69, 9.17) is 21.1 Å². The molecule has 0 radical (unpaired) electrons. The molecule has 0 bridgehead atoms. The Hall–Kier alpha value is -2.56. The molecule has 0 unspecified atom stereocenters. The number of benzene rings is 3. The standard InChI is InChI=1S/C26H27ClF2N2O4S/c1-34-24-7-3-5-20(13-24)26(35-18-19-4-2-6-21(27)12-19)17-30-8-10-31(11-9-30)36(32,33)25-15-22(28)14-23(29)16-25/h2-7,12-16,26H,8-11,17-18H2,1H3/t26-/m1/s1. The van der Waals surface area contributed by atoms with Gasteiger partial charge in [0.05, 0.1) is 24.7 Å². The molecule has 0 spiro atoms. The van der Waals surface area contributed by atoms with Crippen LogP contribution in [-0.4, -0.2) is 57.5 Å².